The van der Waals surface area contributed by atoms with E-state index in [2.05, 4.69) is 39.6 Å². The van der Waals surface area contributed by atoms with Gasteiger partial charge in [-0.05, 0) is 57.5 Å². The minimum Gasteiger partial charge on any atom is -0.387 e. The van der Waals surface area contributed by atoms with Gasteiger partial charge in [0, 0.05) is 11.5 Å². The summed E-state index contributed by atoms with van der Waals surface area (Å²) in [7, 11) is 2.28. The van der Waals surface area contributed by atoms with Gasteiger partial charge in [-0.25, -0.2) is 0 Å². The molecule has 1 aliphatic rings. The Bertz CT molecular complexity index is 310. The molecule has 1 fully saturated rings. The maximum absolute atomic E-state index is 7.58. The van der Waals surface area contributed by atoms with E-state index in [0.29, 0.717) is 11.3 Å². The Morgan fingerprint density at radius 1 is 1.25 bits per heavy atom. The topological polar surface area (TPSA) is 53.1 Å². The van der Waals surface area contributed by atoms with Gasteiger partial charge in [-0.2, -0.15) is 0 Å². The van der Waals surface area contributed by atoms with Crippen LogP contribution in [0.4, 0.5) is 0 Å². The molecular formula is C17H35N3. The van der Waals surface area contributed by atoms with Crippen LogP contribution >= 0.6 is 0 Å². The number of nitrogens with one attached hydrogen (secondary N) is 1. The summed E-state index contributed by atoms with van der Waals surface area (Å²) in [6.45, 7) is 10.1. The van der Waals surface area contributed by atoms with Crippen molar-refractivity contribution in [3.05, 3.63) is 0 Å². The first-order valence-corrected chi connectivity index (χ1v) is 8.19. The molecule has 0 bridgehead atoms. The summed E-state index contributed by atoms with van der Waals surface area (Å²) in [6.07, 6.45) is 8.82. The van der Waals surface area contributed by atoms with Gasteiger partial charge in [0.15, 0.2) is 0 Å². The molecule has 3 N–H and O–H groups in total. The first-order chi connectivity index (χ1) is 9.14. The Labute approximate surface area is 125 Å². The molecule has 0 unspecified atom stereocenters. The predicted molar refractivity (Wildman–Crippen MR) is 88.2 cm³/mol. The largest absolute Gasteiger partial charge is 0.387 e. The number of nitrogens with zero attached hydrogens (tertiary/aromatic N) is 1. The van der Waals surface area contributed by atoms with E-state index in [1.807, 2.05) is 0 Å². The van der Waals surface area contributed by atoms with Crippen molar-refractivity contribution < 1.29 is 0 Å². The van der Waals surface area contributed by atoms with Crippen molar-refractivity contribution in [3.63, 3.8) is 0 Å². The lowest BCUT2D eigenvalue weighted by Gasteiger charge is -2.38. The van der Waals surface area contributed by atoms with Crippen LogP contribution in [0.5, 0.6) is 0 Å². The number of unbranched alkanes of at least 4 members (excludes halogenated alkanes) is 1. The highest BCUT2D eigenvalue weighted by molar-refractivity contribution is 5.82. The monoisotopic (exact) mass is 281 g/mol. The first kappa shape index (κ1) is 17.5. The van der Waals surface area contributed by atoms with Crippen LogP contribution in [0, 0.1) is 16.2 Å². The Hall–Kier alpha value is -0.570. The maximum atomic E-state index is 7.58. The number of hydrogen-bond donors (Lipinski definition) is 2. The van der Waals surface area contributed by atoms with Crippen molar-refractivity contribution in [3.8, 4) is 0 Å². The van der Waals surface area contributed by atoms with E-state index < -0.39 is 0 Å². The fraction of sp³-hybridized carbons (Fsp3) is 0.941. The molecule has 3 nitrogen and oxygen atoms in total. The van der Waals surface area contributed by atoms with Gasteiger partial charge in [0.05, 0.1) is 5.84 Å². The van der Waals surface area contributed by atoms with Gasteiger partial charge in [0.25, 0.3) is 0 Å². The second-order valence-corrected chi connectivity index (χ2v) is 8.13. The second-order valence-electron chi connectivity index (χ2n) is 8.13. The molecule has 0 aliphatic heterocycles. The Balaban J connectivity index is 2.21. The highest BCUT2D eigenvalue weighted by atomic mass is 15.1. The van der Waals surface area contributed by atoms with Crippen molar-refractivity contribution >= 4 is 5.84 Å². The van der Waals surface area contributed by atoms with Gasteiger partial charge in [-0.15, -0.1) is 0 Å². The van der Waals surface area contributed by atoms with E-state index in [1.54, 1.807) is 0 Å². The molecule has 0 radical (unpaired) electrons. The number of hydrogen-bond acceptors (Lipinski definition) is 2. The van der Waals surface area contributed by atoms with Gasteiger partial charge < -0.3 is 10.6 Å². The summed E-state index contributed by atoms with van der Waals surface area (Å²) in [5, 5.41) is 7.58. The summed E-state index contributed by atoms with van der Waals surface area (Å²) in [5.41, 5.74) is 6.05. The Kier molecular flexibility index (Phi) is 6.06. The van der Waals surface area contributed by atoms with Crippen LogP contribution in [0.1, 0.15) is 72.6 Å². The lowest BCUT2D eigenvalue weighted by atomic mass is 9.75. The minimum absolute atomic E-state index is 0.132. The molecule has 0 heterocycles. The Morgan fingerprint density at radius 2 is 1.80 bits per heavy atom. The number of amidine groups is 1. The first-order valence-electron chi connectivity index (χ1n) is 8.19. The molecule has 0 aromatic heterocycles. The van der Waals surface area contributed by atoms with Crippen LogP contribution in [-0.4, -0.2) is 30.4 Å². The predicted octanol–water partition coefficient (Wildman–Crippen LogP) is 4.02. The third-order valence-electron chi connectivity index (χ3n) is 5.22. The van der Waals surface area contributed by atoms with E-state index >= 15 is 0 Å². The second kappa shape index (κ2) is 6.93. The zero-order chi connectivity index (χ0) is 15.4. The van der Waals surface area contributed by atoms with Crippen LogP contribution in [-0.2, 0) is 0 Å². The van der Waals surface area contributed by atoms with Crippen LogP contribution in [0.3, 0.4) is 0 Å². The van der Waals surface area contributed by atoms with Gasteiger partial charge in [-0.1, -0.05) is 34.1 Å². The van der Waals surface area contributed by atoms with E-state index in [4.69, 9.17) is 11.1 Å². The van der Waals surface area contributed by atoms with Gasteiger partial charge >= 0.3 is 0 Å². The molecule has 0 aromatic carbocycles. The third kappa shape index (κ3) is 5.43. The van der Waals surface area contributed by atoms with Gasteiger partial charge in [0.1, 0.15) is 0 Å². The smallest absolute Gasteiger partial charge is 0.0963 e. The highest BCUT2D eigenvalue weighted by Gasteiger charge is 2.28. The van der Waals surface area contributed by atoms with Crippen molar-refractivity contribution in [2.24, 2.45) is 16.6 Å². The maximum Gasteiger partial charge on any atom is 0.0963 e. The van der Waals surface area contributed by atoms with Crippen molar-refractivity contribution in [2.45, 2.75) is 78.7 Å². The number of rotatable bonds is 7. The van der Waals surface area contributed by atoms with Crippen molar-refractivity contribution in [1.29, 1.82) is 5.41 Å². The normalized spacial score (nSPS) is 20.3. The molecule has 0 spiro atoms. The molecular weight excluding hydrogens is 246 g/mol. The summed E-state index contributed by atoms with van der Waals surface area (Å²) in [6, 6.07) is 0.781. The molecule has 20 heavy (non-hydrogen) atoms. The minimum atomic E-state index is -0.132. The van der Waals surface area contributed by atoms with Gasteiger partial charge in [0.2, 0.25) is 0 Å². The molecule has 1 aliphatic carbocycles. The molecule has 0 aromatic rings. The van der Waals surface area contributed by atoms with E-state index in [9.17, 15) is 0 Å². The zero-order valence-corrected chi connectivity index (χ0v) is 14.3. The zero-order valence-electron chi connectivity index (χ0n) is 14.3. The number of nitrogens with two attached hydrogens (primary N) is 1. The fourth-order valence-corrected chi connectivity index (χ4v) is 3.07. The van der Waals surface area contributed by atoms with Crippen molar-refractivity contribution in [1.82, 2.24) is 4.90 Å². The fourth-order valence-electron chi connectivity index (χ4n) is 3.07. The summed E-state index contributed by atoms with van der Waals surface area (Å²) < 4.78 is 0. The average molecular weight is 281 g/mol. The van der Waals surface area contributed by atoms with Crippen LogP contribution in [0.2, 0.25) is 0 Å². The standard InChI is InChI=1S/C17H35N3/c1-16(2)11-8-14(9-12-16)20(5)13-7-6-10-17(3,4)15(18)19/h14H,6-13H2,1-5H3,(H3,18,19). The van der Waals surface area contributed by atoms with Gasteiger partial charge in [-0.3, -0.25) is 5.41 Å². The lowest BCUT2D eigenvalue weighted by molar-refractivity contribution is 0.125. The van der Waals surface area contributed by atoms with E-state index in [-0.39, 0.29) is 5.41 Å². The molecule has 1 saturated carbocycles. The van der Waals surface area contributed by atoms with Crippen LogP contribution in [0.15, 0.2) is 0 Å². The summed E-state index contributed by atoms with van der Waals surface area (Å²) in [4.78, 5) is 2.55. The van der Waals surface area contributed by atoms with E-state index in [0.717, 1.165) is 18.9 Å². The summed E-state index contributed by atoms with van der Waals surface area (Å²) in [5.74, 6) is 0.320. The van der Waals surface area contributed by atoms with Crippen LogP contribution in [0.25, 0.3) is 0 Å². The van der Waals surface area contributed by atoms with Crippen molar-refractivity contribution in [2.75, 3.05) is 13.6 Å². The van der Waals surface area contributed by atoms with Crippen LogP contribution < -0.4 is 5.73 Å². The molecule has 0 saturated heterocycles. The SMILES string of the molecule is CN(CCCCC(C)(C)C(=N)N)C1CCC(C)(C)CC1. The molecule has 0 amide bonds. The Morgan fingerprint density at radius 3 is 2.30 bits per heavy atom. The molecule has 1 rings (SSSR count). The lowest BCUT2D eigenvalue weighted by Crippen LogP contribution is -2.37. The average Bonchev–Trinajstić information content (AvgIpc) is 2.34. The quantitative estimate of drug-likeness (QED) is 0.421. The molecule has 3 heteroatoms. The molecule has 0 atom stereocenters. The summed E-state index contributed by atoms with van der Waals surface area (Å²) >= 11 is 0. The highest BCUT2D eigenvalue weighted by Crippen LogP contribution is 2.36. The molecule has 118 valence electrons. The van der Waals surface area contributed by atoms with E-state index in [1.165, 1.54) is 38.6 Å². The third-order valence-corrected chi connectivity index (χ3v) is 5.22.